The number of hydrogen-bond donors (Lipinski definition) is 2. The van der Waals surface area contributed by atoms with Gasteiger partial charge in [-0.2, -0.15) is 0 Å². The number of nitrogens with zero attached hydrogens (tertiary/aromatic N) is 1. The van der Waals surface area contributed by atoms with Gasteiger partial charge in [0.25, 0.3) is 0 Å². The number of nitrogens with two attached hydrogens (primary N) is 1. The Hall–Kier alpha value is -1.45. The number of fused-ring (bicyclic) bond motifs is 1. The molecule has 0 aliphatic heterocycles. The summed E-state index contributed by atoms with van der Waals surface area (Å²) in [6.07, 6.45) is 7.98. The van der Waals surface area contributed by atoms with Crippen LogP contribution in [0.3, 0.4) is 0 Å². The summed E-state index contributed by atoms with van der Waals surface area (Å²) in [5, 5.41) is 1.17. The SMILES string of the molecule is CCCCCCC(NN)c1ccc2ncccc2c1. The largest absolute Gasteiger partial charge is 0.271 e. The quantitative estimate of drug-likeness (QED) is 0.451. The van der Waals surface area contributed by atoms with Crippen LogP contribution in [0.15, 0.2) is 36.5 Å². The summed E-state index contributed by atoms with van der Waals surface area (Å²) >= 11 is 0. The highest BCUT2D eigenvalue weighted by atomic mass is 15.2. The summed E-state index contributed by atoms with van der Waals surface area (Å²) in [7, 11) is 0. The molecule has 102 valence electrons. The van der Waals surface area contributed by atoms with E-state index in [-0.39, 0.29) is 6.04 Å². The molecule has 3 nitrogen and oxygen atoms in total. The standard InChI is InChI=1S/C16H23N3/c1-2-3-4-5-8-16(19-17)14-9-10-15-13(12-14)7-6-11-18-15/h6-7,9-12,16,19H,2-5,8,17H2,1H3. The maximum atomic E-state index is 5.70. The van der Waals surface area contributed by atoms with E-state index in [1.807, 2.05) is 12.3 Å². The van der Waals surface area contributed by atoms with Crippen LogP contribution in [-0.4, -0.2) is 4.98 Å². The van der Waals surface area contributed by atoms with Gasteiger partial charge in [0.2, 0.25) is 0 Å². The Morgan fingerprint density at radius 1 is 1.21 bits per heavy atom. The van der Waals surface area contributed by atoms with Crippen LogP contribution in [0.4, 0.5) is 0 Å². The fourth-order valence-electron chi connectivity index (χ4n) is 2.43. The molecule has 2 rings (SSSR count). The van der Waals surface area contributed by atoms with Gasteiger partial charge in [-0.25, -0.2) is 0 Å². The Morgan fingerprint density at radius 2 is 2.11 bits per heavy atom. The second kappa shape index (κ2) is 7.22. The molecule has 1 aromatic heterocycles. The normalized spacial score (nSPS) is 12.7. The van der Waals surface area contributed by atoms with E-state index in [4.69, 9.17) is 5.84 Å². The third kappa shape index (κ3) is 3.75. The van der Waals surface area contributed by atoms with E-state index in [0.717, 1.165) is 11.9 Å². The minimum absolute atomic E-state index is 0.237. The van der Waals surface area contributed by atoms with Crippen LogP contribution in [0.5, 0.6) is 0 Å². The number of nitrogens with one attached hydrogen (secondary N) is 1. The van der Waals surface area contributed by atoms with Gasteiger partial charge < -0.3 is 0 Å². The van der Waals surface area contributed by atoms with E-state index in [2.05, 4.69) is 41.6 Å². The highest BCUT2D eigenvalue weighted by Gasteiger charge is 2.09. The summed E-state index contributed by atoms with van der Waals surface area (Å²) in [5.74, 6) is 5.70. The molecule has 19 heavy (non-hydrogen) atoms. The Labute approximate surface area is 115 Å². The van der Waals surface area contributed by atoms with Gasteiger partial charge in [0.05, 0.1) is 5.52 Å². The number of hydrogen-bond acceptors (Lipinski definition) is 3. The van der Waals surface area contributed by atoms with Crippen LogP contribution in [0.25, 0.3) is 10.9 Å². The molecule has 0 fully saturated rings. The molecule has 0 radical (unpaired) electrons. The molecule has 2 aromatic rings. The zero-order valence-corrected chi connectivity index (χ0v) is 11.6. The first-order valence-electron chi connectivity index (χ1n) is 7.16. The van der Waals surface area contributed by atoms with Crippen molar-refractivity contribution in [1.29, 1.82) is 0 Å². The van der Waals surface area contributed by atoms with Crippen LogP contribution in [0.1, 0.15) is 50.6 Å². The molecule has 0 saturated heterocycles. The Kier molecular flexibility index (Phi) is 5.31. The number of aromatic nitrogens is 1. The first-order valence-corrected chi connectivity index (χ1v) is 7.16. The second-order valence-corrected chi connectivity index (χ2v) is 5.02. The Bertz CT molecular complexity index is 510. The van der Waals surface area contributed by atoms with E-state index >= 15 is 0 Å². The highest BCUT2D eigenvalue weighted by molar-refractivity contribution is 5.79. The number of benzene rings is 1. The van der Waals surface area contributed by atoms with Gasteiger partial charge in [-0.15, -0.1) is 0 Å². The predicted molar refractivity (Wildman–Crippen MR) is 80.6 cm³/mol. The maximum absolute atomic E-state index is 5.70. The fourth-order valence-corrected chi connectivity index (χ4v) is 2.43. The van der Waals surface area contributed by atoms with E-state index in [0.29, 0.717) is 0 Å². The van der Waals surface area contributed by atoms with E-state index in [1.54, 1.807) is 0 Å². The van der Waals surface area contributed by atoms with Crippen molar-refractivity contribution in [2.75, 3.05) is 0 Å². The third-order valence-corrected chi connectivity index (χ3v) is 3.58. The van der Waals surface area contributed by atoms with Crippen LogP contribution in [0, 0.1) is 0 Å². The van der Waals surface area contributed by atoms with E-state index in [1.165, 1.54) is 36.6 Å². The summed E-state index contributed by atoms with van der Waals surface area (Å²) in [4.78, 5) is 4.34. The molecule has 3 heteroatoms. The van der Waals surface area contributed by atoms with Crippen molar-refractivity contribution in [2.24, 2.45) is 5.84 Å². The number of hydrazine groups is 1. The number of rotatable bonds is 7. The fraction of sp³-hybridized carbons (Fsp3) is 0.438. The summed E-state index contributed by atoms with van der Waals surface area (Å²) < 4.78 is 0. The second-order valence-electron chi connectivity index (χ2n) is 5.02. The molecule has 0 bridgehead atoms. The summed E-state index contributed by atoms with van der Waals surface area (Å²) in [5.41, 5.74) is 5.22. The topological polar surface area (TPSA) is 50.9 Å². The van der Waals surface area contributed by atoms with Gasteiger partial charge in [0.15, 0.2) is 0 Å². The van der Waals surface area contributed by atoms with E-state index in [9.17, 15) is 0 Å². The smallest absolute Gasteiger partial charge is 0.0702 e. The van der Waals surface area contributed by atoms with Gasteiger partial charge in [-0.05, 0) is 30.2 Å². The van der Waals surface area contributed by atoms with Gasteiger partial charge in [0.1, 0.15) is 0 Å². The maximum Gasteiger partial charge on any atom is 0.0702 e. The molecule has 0 saturated carbocycles. The molecule has 1 heterocycles. The molecule has 1 aromatic carbocycles. The minimum Gasteiger partial charge on any atom is -0.271 e. The first kappa shape index (κ1) is 14.0. The van der Waals surface area contributed by atoms with Crippen LogP contribution in [-0.2, 0) is 0 Å². The highest BCUT2D eigenvalue weighted by Crippen LogP contribution is 2.22. The van der Waals surface area contributed by atoms with Crippen molar-refractivity contribution >= 4 is 10.9 Å². The zero-order chi connectivity index (χ0) is 13.5. The molecule has 1 atom stereocenters. The average Bonchev–Trinajstić information content (AvgIpc) is 2.47. The monoisotopic (exact) mass is 257 g/mol. The van der Waals surface area contributed by atoms with Gasteiger partial charge in [-0.1, -0.05) is 44.7 Å². The molecular formula is C16H23N3. The van der Waals surface area contributed by atoms with Crippen LogP contribution < -0.4 is 11.3 Å². The van der Waals surface area contributed by atoms with Crippen molar-refractivity contribution in [2.45, 2.75) is 45.1 Å². The summed E-state index contributed by atoms with van der Waals surface area (Å²) in [6.45, 7) is 2.23. The molecule has 1 unspecified atom stereocenters. The lowest BCUT2D eigenvalue weighted by atomic mass is 9.99. The average molecular weight is 257 g/mol. The molecule has 3 N–H and O–H groups in total. The summed E-state index contributed by atoms with van der Waals surface area (Å²) in [6, 6.07) is 10.7. The first-order chi connectivity index (χ1) is 9.35. The van der Waals surface area contributed by atoms with Crippen molar-refractivity contribution in [1.82, 2.24) is 10.4 Å². The van der Waals surface area contributed by atoms with E-state index < -0.39 is 0 Å². The van der Waals surface area contributed by atoms with Crippen molar-refractivity contribution < 1.29 is 0 Å². The van der Waals surface area contributed by atoms with Gasteiger partial charge >= 0.3 is 0 Å². The van der Waals surface area contributed by atoms with Crippen molar-refractivity contribution in [3.8, 4) is 0 Å². The molecule has 0 spiro atoms. The molecule has 0 amide bonds. The van der Waals surface area contributed by atoms with Crippen molar-refractivity contribution in [3.63, 3.8) is 0 Å². The number of pyridine rings is 1. The van der Waals surface area contributed by atoms with Gasteiger partial charge in [-0.3, -0.25) is 16.3 Å². The lowest BCUT2D eigenvalue weighted by Crippen LogP contribution is -2.27. The molecule has 0 aliphatic carbocycles. The molecular weight excluding hydrogens is 234 g/mol. The van der Waals surface area contributed by atoms with Crippen LogP contribution >= 0.6 is 0 Å². The van der Waals surface area contributed by atoms with Crippen molar-refractivity contribution in [3.05, 3.63) is 42.1 Å². The van der Waals surface area contributed by atoms with Crippen LogP contribution in [0.2, 0.25) is 0 Å². The minimum atomic E-state index is 0.237. The van der Waals surface area contributed by atoms with Gasteiger partial charge in [0, 0.05) is 17.6 Å². The Morgan fingerprint density at radius 3 is 2.89 bits per heavy atom. The molecule has 0 aliphatic rings. The Balaban J connectivity index is 2.07. The third-order valence-electron chi connectivity index (χ3n) is 3.58. The lowest BCUT2D eigenvalue weighted by molar-refractivity contribution is 0.482. The number of unbranched alkanes of at least 4 members (excludes halogenated alkanes) is 3. The predicted octanol–water partition coefficient (Wildman–Crippen LogP) is 3.71. The lowest BCUT2D eigenvalue weighted by Gasteiger charge is -2.16. The zero-order valence-electron chi connectivity index (χ0n) is 11.6.